The molecule has 1 aromatic heterocycles. The number of benzene rings is 1. The predicted octanol–water partition coefficient (Wildman–Crippen LogP) is 3.03. The average Bonchev–Trinajstić information content (AvgIpc) is 2.93. The van der Waals surface area contributed by atoms with Crippen LogP contribution in [0.1, 0.15) is 16.5 Å². The van der Waals surface area contributed by atoms with Gasteiger partial charge in [0.25, 0.3) is 0 Å². The fraction of sp³-hybridized carbons (Fsp3) is 0.250. The first kappa shape index (κ1) is 17.5. The van der Waals surface area contributed by atoms with E-state index in [-0.39, 0.29) is 5.91 Å². The Hall–Kier alpha value is -1.89. The summed E-state index contributed by atoms with van der Waals surface area (Å²) in [4.78, 5) is 26.9. The minimum Gasteiger partial charge on any atom is -0.341 e. The van der Waals surface area contributed by atoms with Crippen LogP contribution in [0.25, 0.3) is 0 Å². The number of amides is 3. The van der Waals surface area contributed by atoms with Crippen LogP contribution in [-0.4, -0.2) is 30.9 Å². The fourth-order valence-corrected chi connectivity index (χ4v) is 3.41. The van der Waals surface area contributed by atoms with Crippen LogP contribution in [0.2, 0.25) is 4.34 Å². The largest absolute Gasteiger partial charge is 0.341 e. The van der Waals surface area contributed by atoms with Crippen LogP contribution in [0, 0.1) is 0 Å². The van der Waals surface area contributed by atoms with Crippen molar-refractivity contribution >= 4 is 34.9 Å². The Morgan fingerprint density at radius 2 is 1.91 bits per heavy atom. The van der Waals surface area contributed by atoms with Crippen molar-refractivity contribution in [2.24, 2.45) is 0 Å². The lowest BCUT2D eigenvalue weighted by Crippen LogP contribution is -2.44. The zero-order chi connectivity index (χ0) is 16.8. The highest BCUT2D eigenvalue weighted by molar-refractivity contribution is 7.16. The van der Waals surface area contributed by atoms with Crippen LogP contribution < -0.4 is 10.6 Å². The van der Waals surface area contributed by atoms with Gasteiger partial charge in [-0.05, 0) is 24.7 Å². The number of hydrogen-bond acceptors (Lipinski definition) is 4. The van der Waals surface area contributed by atoms with E-state index in [1.165, 1.54) is 18.4 Å². The second-order valence-corrected chi connectivity index (χ2v) is 6.80. The third kappa shape index (κ3) is 4.79. The molecule has 0 radical (unpaired) electrons. The first-order valence-corrected chi connectivity index (χ1v) is 8.22. The van der Waals surface area contributed by atoms with Crippen LogP contribution in [0.15, 0.2) is 42.5 Å². The monoisotopic (exact) mass is 351 g/mol. The summed E-state index contributed by atoms with van der Waals surface area (Å²) in [5.41, 5.74) is 0.819. The van der Waals surface area contributed by atoms with Gasteiger partial charge in [0.1, 0.15) is 6.04 Å². The van der Waals surface area contributed by atoms with E-state index in [0.717, 1.165) is 10.4 Å². The van der Waals surface area contributed by atoms with Gasteiger partial charge in [0.05, 0.1) is 4.34 Å². The molecule has 2 aromatic rings. The summed E-state index contributed by atoms with van der Waals surface area (Å²) in [6.07, 6.45) is 0. The smallest absolute Gasteiger partial charge is 0.321 e. The van der Waals surface area contributed by atoms with Crippen molar-refractivity contribution in [2.75, 3.05) is 14.1 Å². The number of thiophene rings is 1. The number of carbonyl (C=O) groups is 2. The van der Waals surface area contributed by atoms with Gasteiger partial charge in [-0.25, -0.2) is 4.79 Å². The summed E-state index contributed by atoms with van der Waals surface area (Å²) >= 11 is 7.43. The highest BCUT2D eigenvalue weighted by atomic mass is 35.5. The SMILES string of the molecule is CNC(=O)NC(=O)[C@@H](c1ccccc1)N(C)Cc1ccc(Cl)s1. The van der Waals surface area contributed by atoms with Crippen LogP contribution >= 0.6 is 22.9 Å². The zero-order valence-electron chi connectivity index (χ0n) is 12.9. The minimum absolute atomic E-state index is 0.374. The highest BCUT2D eigenvalue weighted by Crippen LogP contribution is 2.26. The number of urea groups is 1. The third-order valence-corrected chi connectivity index (χ3v) is 4.52. The highest BCUT2D eigenvalue weighted by Gasteiger charge is 2.26. The van der Waals surface area contributed by atoms with E-state index in [1.807, 2.05) is 54.4 Å². The van der Waals surface area contributed by atoms with Crippen molar-refractivity contribution in [3.8, 4) is 0 Å². The Morgan fingerprint density at radius 3 is 2.48 bits per heavy atom. The molecule has 0 aliphatic carbocycles. The molecule has 2 N–H and O–H groups in total. The van der Waals surface area contributed by atoms with Gasteiger partial charge < -0.3 is 5.32 Å². The van der Waals surface area contributed by atoms with Gasteiger partial charge in [0, 0.05) is 18.5 Å². The first-order chi connectivity index (χ1) is 11.0. The molecule has 0 aliphatic rings. The lowest BCUT2D eigenvalue weighted by Gasteiger charge is -2.26. The number of imide groups is 1. The molecule has 7 heteroatoms. The molecule has 5 nitrogen and oxygen atoms in total. The average molecular weight is 352 g/mol. The number of hydrogen-bond donors (Lipinski definition) is 2. The van der Waals surface area contributed by atoms with E-state index in [2.05, 4.69) is 10.6 Å². The number of halogens is 1. The van der Waals surface area contributed by atoms with Crippen molar-refractivity contribution in [1.29, 1.82) is 0 Å². The molecule has 0 aliphatic heterocycles. The molecule has 0 fully saturated rings. The summed E-state index contributed by atoms with van der Waals surface area (Å²) in [6, 6.07) is 12.0. The van der Waals surface area contributed by atoms with E-state index < -0.39 is 12.1 Å². The van der Waals surface area contributed by atoms with E-state index in [1.54, 1.807) is 0 Å². The molecule has 0 saturated carbocycles. The van der Waals surface area contributed by atoms with Crippen molar-refractivity contribution in [2.45, 2.75) is 12.6 Å². The molecule has 1 aromatic carbocycles. The van der Waals surface area contributed by atoms with Crippen LogP contribution in [0.3, 0.4) is 0 Å². The number of nitrogens with zero attached hydrogens (tertiary/aromatic N) is 1. The summed E-state index contributed by atoms with van der Waals surface area (Å²) in [5, 5.41) is 4.74. The van der Waals surface area contributed by atoms with E-state index in [4.69, 9.17) is 11.6 Å². The summed E-state index contributed by atoms with van der Waals surface area (Å²) in [7, 11) is 3.31. The van der Waals surface area contributed by atoms with Crippen molar-refractivity contribution in [3.63, 3.8) is 0 Å². The lowest BCUT2D eigenvalue weighted by molar-refractivity contribution is -0.125. The molecule has 1 heterocycles. The Labute approximate surface area is 144 Å². The Balaban J connectivity index is 2.22. The van der Waals surface area contributed by atoms with Crippen molar-refractivity contribution in [3.05, 3.63) is 57.2 Å². The van der Waals surface area contributed by atoms with E-state index in [0.29, 0.717) is 10.9 Å². The molecule has 0 bridgehead atoms. The molecule has 0 unspecified atom stereocenters. The van der Waals surface area contributed by atoms with E-state index >= 15 is 0 Å². The van der Waals surface area contributed by atoms with Gasteiger partial charge in [0.2, 0.25) is 5.91 Å². The fourth-order valence-electron chi connectivity index (χ4n) is 2.26. The molecule has 3 amide bonds. The quantitative estimate of drug-likeness (QED) is 0.870. The zero-order valence-corrected chi connectivity index (χ0v) is 14.4. The molecular weight excluding hydrogens is 334 g/mol. The van der Waals surface area contributed by atoms with Gasteiger partial charge in [-0.3, -0.25) is 15.0 Å². The van der Waals surface area contributed by atoms with Crippen molar-refractivity contribution in [1.82, 2.24) is 15.5 Å². The minimum atomic E-state index is -0.575. The number of likely N-dealkylation sites (N-methyl/N-ethyl adjacent to an activating group) is 1. The van der Waals surface area contributed by atoms with Gasteiger partial charge in [-0.15, -0.1) is 11.3 Å². The Morgan fingerprint density at radius 1 is 1.22 bits per heavy atom. The molecule has 2 rings (SSSR count). The summed E-state index contributed by atoms with van der Waals surface area (Å²) in [5.74, 6) is -0.374. The number of carbonyl (C=O) groups excluding carboxylic acids is 2. The molecule has 1 atom stereocenters. The second-order valence-electron chi connectivity index (χ2n) is 5.00. The van der Waals surface area contributed by atoms with Gasteiger partial charge in [-0.1, -0.05) is 41.9 Å². The Bertz CT molecular complexity index is 675. The van der Waals surface area contributed by atoms with Crippen molar-refractivity contribution < 1.29 is 9.59 Å². The number of nitrogens with one attached hydrogen (secondary N) is 2. The molecular formula is C16H18ClN3O2S. The van der Waals surface area contributed by atoms with E-state index in [9.17, 15) is 9.59 Å². The standard InChI is InChI=1S/C16H18ClN3O2S/c1-18-16(22)19-15(21)14(11-6-4-3-5-7-11)20(2)10-12-8-9-13(17)23-12/h3-9,14H,10H2,1-2H3,(H2,18,19,21,22)/t14-/m1/s1. The molecule has 23 heavy (non-hydrogen) atoms. The lowest BCUT2D eigenvalue weighted by atomic mass is 10.0. The maximum Gasteiger partial charge on any atom is 0.321 e. The molecule has 0 spiro atoms. The molecule has 0 saturated heterocycles. The summed E-state index contributed by atoms with van der Waals surface area (Å²) in [6.45, 7) is 0.554. The first-order valence-electron chi connectivity index (χ1n) is 7.03. The second kappa shape index (κ2) is 8.10. The number of rotatable bonds is 5. The predicted molar refractivity (Wildman–Crippen MR) is 92.6 cm³/mol. The third-order valence-electron chi connectivity index (χ3n) is 3.30. The molecule has 122 valence electrons. The topological polar surface area (TPSA) is 61.4 Å². The van der Waals surface area contributed by atoms with Crippen LogP contribution in [-0.2, 0) is 11.3 Å². The van der Waals surface area contributed by atoms with Gasteiger partial charge in [-0.2, -0.15) is 0 Å². The maximum absolute atomic E-state index is 12.5. The maximum atomic E-state index is 12.5. The normalized spacial score (nSPS) is 12.0. The Kier molecular flexibility index (Phi) is 6.15. The van der Waals surface area contributed by atoms with Gasteiger partial charge >= 0.3 is 6.03 Å². The van der Waals surface area contributed by atoms with Crippen LogP contribution in [0.5, 0.6) is 0 Å². The van der Waals surface area contributed by atoms with Crippen LogP contribution in [0.4, 0.5) is 4.79 Å². The van der Waals surface area contributed by atoms with Gasteiger partial charge in [0.15, 0.2) is 0 Å². The summed E-state index contributed by atoms with van der Waals surface area (Å²) < 4.78 is 0.708.